The molecule has 2 atom stereocenters. The zero-order valence-electron chi connectivity index (χ0n) is 10.2. The van der Waals surface area contributed by atoms with Crippen LogP contribution in [0.3, 0.4) is 0 Å². The minimum absolute atomic E-state index is 0.0875. The van der Waals surface area contributed by atoms with E-state index in [2.05, 4.69) is 0 Å². The van der Waals surface area contributed by atoms with Crippen molar-refractivity contribution in [1.82, 2.24) is 0 Å². The summed E-state index contributed by atoms with van der Waals surface area (Å²) in [6, 6.07) is 4.77. The molecule has 1 aromatic rings. The molecule has 0 saturated heterocycles. The van der Waals surface area contributed by atoms with Crippen LogP contribution in [0.15, 0.2) is 18.2 Å². The average Bonchev–Trinajstić information content (AvgIpc) is 2.32. The zero-order valence-corrected chi connectivity index (χ0v) is 10.2. The van der Waals surface area contributed by atoms with Crippen molar-refractivity contribution >= 4 is 0 Å². The highest BCUT2D eigenvalue weighted by Gasteiger charge is 2.18. The van der Waals surface area contributed by atoms with Gasteiger partial charge in [-0.3, -0.25) is 0 Å². The van der Waals surface area contributed by atoms with Crippen molar-refractivity contribution in [3.8, 4) is 5.75 Å². The van der Waals surface area contributed by atoms with Gasteiger partial charge >= 0.3 is 0 Å². The van der Waals surface area contributed by atoms with Crippen LogP contribution in [0.5, 0.6) is 5.75 Å². The molecular weight excluding hydrogens is 223 g/mol. The van der Waals surface area contributed by atoms with E-state index in [-0.39, 0.29) is 12.2 Å². The van der Waals surface area contributed by atoms with Crippen molar-refractivity contribution in [2.75, 3.05) is 7.11 Å². The quantitative estimate of drug-likeness (QED) is 0.801. The topological polar surface area (TPSA) is 49.7 Å². The summed E-state index contributed by atoms with van der Waals surface area (Å²) in [5, 5.41) is 19.3. The summed E-state index contributed by atoms with van der Waals surface area (Å²) < 4.78 is 18.6. The molecule has 0 amide bonds. The third-order valence-corrected chi connectivity index (χ3v) is 2.72. The normalized spacial score (nSPS) is 14.4. The highest BCUT2D eigenvalue weighted by Crippen LogP contribution is 2.21. The lowest BCUT2D eigenvalue weighted by molar-refractivity contribution is 0.0143. The second kappa shape index (κ2) is 6.57. The van der Waals surface area contributed by atoms with E-state index in [0.717, 1.165) is 6.42 Å². The maximum atomic E-state index is 13.8. The molecule has 1 rings (SSSR count). The molecule has 0 fully saturated rings. The molecule has 1 aromatic carbocycles. The largest absolute Gasteiger partial charge is 0.494 e. The van der Waals surface area contributed by atoms with E-state index in [1.807, 2.05) is 6.92 Å². The van der Waals surface area contributed by atoms with Crippen molar-refractivity contribution in [2.24, 2.45) is 0 Å². The van der Waals surface area contributed by atoms with Crippen LogP contribution < -0.4 is 4.74 Å². The highest BCUT2D eigenvalue weighted by molar-refractivity contribution is 5.31. The number of methoxy groups -OCH3 is 1. The Bertz CT molecular complexity index is 355. The van der Waals surface area contributed by atoms with Crippen molar-refractivity contribution in [2.45, 2.75) is 38.4 Å². The fourth-order valence-electron chi connectivity index (χ4n) is 1.72. The van der Waals surface area contributed by atoms with Crippen molar-refractivity contribution in [3.05, 3.63) is 29.6 Å². The van der Waals surface area contributed by atoms with Gasteiger partial charge in [0.15, 0.2) is 11.6 Å². The van der Waals surface area contributed by atoms with E-state index in [9.17, 15) is 14.6 Å². The first-order valence-corrected chi connectivity index (χ1v) is 5.77. The Morgan fingerprint density at radius 3 is 2.59 bits per heavy atom. The second-order valence-electron chi connectivity index (χ2n) is 4.06. The van der Waals surface area contributed by atoms with Gasteiger partial charge in [-0.25, -0.2) is 4.39 Å². The Balaban J connectivity index is 2.74. The van der Waals surface area contributed by atoms with E-state index >= 15 is 0 Å². The molecule has 0 spiro atoms. The molecule has 17 heavy (non-hydrogen) atoms. The number of aliphatic hydroxyl groups excluding tert-OH is 2. The van der Waals surface area contributed by atoms with Gasteiger partial charge in [-0.1, -0.05) is 25.5 Å². The SMILES string of the molecule is CCCC(O)C(O)Cc1cccc(OC)c1F. The van der Waals surface area contributed by atoms with E-state index in [4.69, 9.17) is 4.74 Å². The number of rotatable bonds is 6. The Morgan fingerprint density at radius 2 is 2.00 bits per heavy atom. The molecule has 0 saturated carbocycles. The van der Waals surface area contributed by atoms with Gasteiger partial charge in [0.25, 0.3) is 0 Å². The van der Waals surface area contributed by atoms with E-state index < -0.39 is 18.0 Å². The van der Waals surface area contributed by atoms with Crippen LogP contribution in [0.4, 0.5) is 4.39 Å². The first kappa shape index (κ1) is 13.9. The molecule has 2 unspecified atom stereocenters. The third kappa shape index (κ3) is 3.68. The van der Waals surface area contributed by atoms with Gasteiger partial charge in [-0.15, -0.1) is 0 Å². The molecule has 0 bridgehead atoms. The summed E-state index contributed by atoms with van der Waals surface area (Å²) in [6.45, 7) is 1.92. The molecule has 4 heteroatoms. The lowest BCUT2D eigenvalue weighted by Gasteiger charge is -2.17. The Labute approximate surface area is 101 Å². The summed E-state index contributed by atoms with van der Waals surface area (Å²) in [7, 11) is 1.39. The first-order chi connectivity index (χ1) is 8.10. The Kier molecular flexibility index (Phi) is 5.38. The fraction of sp³-hybridized carbons (Fsp3) is 0.538. The van der Waals surface area contributed by atoms with Crippen LogP contribution in [0, 0.1) is 5.82 Å². The summed E-state index contributed by atoms with van der Waals surface area (Å²) in [6.07, 6.45) is -0.391. The van der Waals surface area contributed by atoms with E-state index in [1.54, 1.807) is 12.1 Å². The monoisotopic (exact) mass is 242 g/mol. The maximum Gasteiger partial charge on any atom is 0.168 e. The van der Waals surface area contributed by atoms with E-state index in [0.29, 0.717) is 12.0 Å². The van der Waals surface area contributed by atoms with Crippen LogP contribution in [0.25, 0.3) is 0 Å². The van der Waals surface area contributed by atoms with Gasteiger partial charge in [-0.2, -0.15) is 0 Å². The number of hydrogen-bond donors (Lipinski definition) is 2. The Morgan fingerprint density at radius 1 is 1.29 bits per heavy atom. The predicted octanol–water partition coefficient (Wildman–Crippen LogP) is 1.90. The maximum absolute atomic E-state index is 13.8. The predicted molar refractivity (Wildman–Crippen MR) is 63.6 cm³/mol. The van der Waals surface area contributed by atoms with Crippen molar-refractivity contribution < 1.29 is 19.3 Å². The first-order valence-electron chi connectivity index (χ1n) is 5.77. The number of hydrogen-bond acceptors (Lipinski definition) is 3. The molecule has 0 aromatic heterocycles. The van der Waals surface area contributed by atoms with Crippen LogP contribution in [0.2, 0.25) is 0 Å². The van der Waals surface area contributed by atoms with Crippen LogP contribution in [0.1, 0.15) is 25.3 Å². The summed E-state index contributed by atoms with van der Waals surface area (Å²) in [5.74, 6) is -0.322. The average molecular weight is 242 g/mol. The van der Waals surface area contributed by atoms with Gasteiger partial charge < -0.3 is 14.9 Å². The third-order valence-electron chi connectivity index (χ3n) is 2.72. The van der Waals surface area contributed by atoms with Gasteiger partial charge in [-0.05, 0) is 18.1 Å². The molecule has 2 N–H and O–H groups in total. The Hall–Kier alpha value is -1.13. The number of halogens is 1. The smallest absolute Gasteiger partial charge is 0.168 e. The van der Waals surface area contributed by atoms with Crippen molar-refractivity contribution in [1.29, 1.82) is 0 Å². The number of aliphatic hydroxyl groups is 2. The molecule has 0 aliphatic carbocycles. The number of ether oxygens (including phenoxy) is 1. The molecule has 96 valence electrons. The highest BCUT2D eigenvalue weighted by atomic mass is 19.1. The van der Waals surface area contributed by atoms with Crippen molar-refractivity contribution in [3.63, 3.8) is 0 Å². The summed E-state index contributed by atoms with van der Waals surface area (Å²) in [4.78, 5) is 0. The molecule has 0 heterocycles. The minimum Gasteiger partial charge on any atom is -0.494 e. The standard InChI is InChI=1S/C13H19FO3/c1-3-5-10(15)11(16)8-9-6-4-7-12(17-2)13(9)14/h4,6-7,10-11,15-16H,3,5,8H2,1-2H3. The molecule has 0 aliphatic heterocycles. The summed E-state index contributed by atoms with van der Waals surface area (Å²) in [5.41, 5.74) is 0.354. The fourth-order valence-corrected chi connectivity index (χ4v) is 1.72. The van der Waals surface area contributed by atoms with Gasteiger partial charge in [0.1, 0.15) is 0 Å². The van der Waals surface area contributed by atoms with Gasteiger partial charge in [0.05, 0.1) is 19.3 Å². The molecule has 3 nitrogen and oxygen atoms in total. The van der Waals surface area contributed by atoms with Gasteiger partial charge in [0.2, 0.25) is 0 Å². The number of benzene rings is 1. The van der Waals surface area contributed by atoms with Gasteiger partial charge in [0, 0.05) is 6.42 Å². The second-order valence-corrected chi connectivity index (χ2v) is 4.06. The molecular formula is C13H19FO3. The lowest BCUT2D eigenvalue weighted by atomic mass is 10.0. The summed E-state index contributed by atoms with van der Waals surface area (Å²) >= 11 is 0. The van der Waals surface area contributed by atoms with E-state index in [1.165, 1.54) is 13.2 Å². The minimum atomic E-state index is -0.948. The van der Waals surface area contributed by atoms with Crippen LogP contribution in [-0.2, 0) is 6.42 Å². The van der Waals surface area contributed by atoms with Crippen LogP contribution >= 0.6 is 0 Å². The molecule has 0 aliphatic rings. The molecule has 0 radical (unpaired) electrons. The lowest BCUT2D eigenvalue weighted by Crippen LogP contribution is -2.28. The zero-order chi connectivity index (χ0) is 12.8. The van der Waals surface area contributed by atoms with Crippen LogP contribution in [-0.4, -0.2) is 29.5 Å².